The van der Waals surface area contributed by atoms with E-state index in [4.69, 9.17) is 9.47 Å². The summed E-state index contributed by atoms with van der Waals surface area (Å²) in [5.74, 6) is 0.881. The maximum absolute atomic E-state index is 12.2. The summed E-state index contributed by atoms with van der Waals surface area (Å²) in [4.78, 5) is 12.2. The number of benzene rings is 2. The lowest BCUT2D eigenvalue weighted by Gasteiger charge is -2.08. The van der Waals surface area contributed by atoms with Crippen molar-refractivity contribution in [2.45, 2.75) is 27.2 Å². The molecule has 0 unspecified atom stereocenters. The van der Waals surface area contributed by atoms with Gasteiger partial charge in [0.05, 0.1) is 12.2 Å². The first-order valence-electron chi connectivity index (χ1n) is 7.12. The zero-order chi connectivity index (χ0) is 15.2. The second-order valence-electron chi connectivity index (χ2n) is 5.09. The zero-order valence-corrected chi connectivity index (χ0v) is 12.7. The van der Waals surface area contributed by atoms with Crippen molar-refractivity contribution in [2.75, 3.05) is 6.61 Å². The average molecular weight is 284 g/mol. The van der Waals surface area contributed by atoms with Crippen molar-refractivity contribution < 1.29 is 14.3 Å². The van der Waals surface area contributed by atoms with Gasteiger partial charge in [0.25, 0.3) is 0 Å². The Hall–Kier alpha value is -2.29. The van der Waals surface area contributed by atoms with E-state index in [9.17, 15) is 4.79 Å². The van der Waals surface area contributed by atoms with Crippen LogP contribution in [0.4, 0.5) is 0 Å². The Bertz CT molecular complexity index is 612. The average Bonchev–Trinajstić information content (AvgIpc) is 2.44. The number of aryl methyl sites for hydroxylation is 2. The standard InChI is InChI=1S/C18H20O3/c1-4-8-20-16-7-5-6-15(12-16)18(19)21-17-10-13(2)9-14(3)11-17/h5-7,9-12H,4,8H2,1-3H3. The molecule has 0 aromatic heterocycles. The number of esters is 1. The van der Waals surface area contributed by atoms with Gasteiger partial charge in [-0.3, -0.25) is 0 Å². The molecule has 0 fully saturated rings. The molecule has 3 heteroatoms. The van der Waals surface area contributed by atoms with Gasteiger partial charge in [-0.2, -0.15) is 0 Å². The van der Waals surface area contributed by atoms with Crippen molar-refractivity contribution in [2.24, 2.45) is 0 Å². The molecule has 0 aliphatic rings. The molecule has 0 atom stereocenters. The van der Waals surface area contributed by atoms with E-state index in [1.54, 1.807) is 18.2 Å². The van der Waals surface area contributed by atoms with Gasteiger partial charge in [0.15, 0.2) is 0 Å². The highest BCUT2D eigenvalue weighted by Crippen LogP contribution is 2.19. The minimum absolute atomic E-state index is 0.373. The molecule has 2 aromatic rings. The van der Waals surface area contributed by atoms with Gasteiger partial charge < -0.3 is 9.47 Å². The fraction of sp³-hybridized carbons (Fsp3) is 0.278. The molecule has 0 aliphatic heterocycles. The Morgan fingerprint density at radius 1 is 1.00 bits per heavy atom. The number of ether oxygens (including phenoxy) is 2. The number of hydrogen-bond acceptors (Lipinski definition) is 3. The molecule has 0 amide bonds. The molecule has 0 heterocycles. The second-order valence-corrected chi connectivity index (χ2v) is 5.09. The van der Waals surface area contributed by atoms with E-state index in [0.29, 0.717) is 23.7 Å². The van der Waals surface area contributed by atoms with E-state index in [1.165, 1.54) is 0 Å². The van der Waals surface area contributed by atoms with Crippen molar-refractivity contribution in [1.82, 2.24) is 0 Å². The molecule has 0 N–H and O–H groups in total. The van der Waals surface area contributed by atoms with Crippen molar-refractivity contribution in [3.63, 3.8) is 0 Å². The van der Waals surface area contributed by atoms with Gasteiger partial charge >= 0.3 is 5.97 Å². The van der Waals surface area contributed by atoms with Crippen LogP contribution in [-0.2, 0) is 0 Å². The summed E-state index contributed by atoms with van der Waals surface area (Å²) in [7, 11) is 0. The summed E-state index contributed by atoms with van der Waals surface area (Å²) < 4.78 is 11.0. The first-order chi connectivity index (χ1) is 10.1. The van der Waals surface area contributed by atoms with Crippen LogP contribution in [0.5, 0.6) is 11.5 Å². The predicted molar refractivity (Wildman–Crippen MR) is 83.1 cm³/mol. The van der Waals surface area contributed by atoms with Crippen molar-refractivity contribution in [3.8, 4) is 11.5 Å². The lowest BCUT2D eigenvalue weighted by atomic mass is 10.1. The van der Waals surface area contributed by atoms with Crippen LogP contribution in [0.3, 0.4) is 0 Å². The van der Waals surface area contributed by atoms with Gasteiger partial charge in [0.1, 0.15) is 11.5 Å². The van der Waals surface area contributed by atoms with Crippen LogP contribution in [0.15, 0.2) is 42.5 Å². The van der Waals surface area contributed by atoms with Crippen LogP contribution < -0.4 is 9.47 Å². The predicted octanol–water partition coefficient (Wildman–Crippen LogP) is 4.31. The normalized spacial score (nSPS) is 10.2. The molecule has 2 rings (SSSR count). The van der Waals surface area contributed by atoms with Crippen LogP contribution in [0.2, 0.25) is 0 Å². The SMILES string of the molecule is CCCOc1cccc(C(=O)Oc2cc(C)cc(C)c2)c1. The summed E-state index contributed by atoms with van der Waals surface area (Å²) in [5.41, 5.74) is 2.62. The maximum Gasteiger partial charge on any atom is 0.343 e. The Balaban J connectivity index is 2.12. The van der Waals surface area contributed by atoms with Crippen LogP contribution in [0.1, 0.15) is 34.8 Å². The van der Waals surface area contributed by atoms with E-state index < -0.39 is 0 Å². The van der Waals surface area contributed by atoms with Crippen LogP contribution in [0, 0.1) is 13.8 Å². The van der Waals surface area contributed by atoms with Gasteiger partial charge in [0.2, 0.25) is 0 Å². The van der Waals surface area contributed by atoms with Crippen molar-refractivity contribution in [1.29, 1.82) is 0 Å². The lowest BCUT2D eigenvalue weighted by molar-refractivity contribution is 0.0734. The minimum atomic E-state index is -0.373. The Labute approximate surface area is 125 Å². The lowest BCUT2D eigenvalue weighted by Crippen LogP contribution is -2.09. The first-order valence-corrected chi connectivity index (χ1v) is 7.12. The number of hydrogen-bond donors (Lipinski definition) is 0. The van der Waals surface area contributed by atoms with Gasteiger partial charge in [-0.05, 0) is 61.7 Å². The summed E-state index contributed by atoms with van der Waals surface area (Å²) in [6.07, 6.45) is 0.928. The first kappa shape index (κ1) is 15.1. The van der Waals surface area contributed by atoms with Crippen molar-refractivity contribution >= 4 is 5.97 Å². The highest BCUT2D eigenvalue weighted by Gasteiger charge is 2.10. The number of carbonyl (C=O) groups excluding carboxylic acids is 1. The summed E-state index contributed by atoms with van der Waals surface area (Å²) in [5, 5.41) is 0. The molecule has 0 saturated carbocycles. The third-order valence-electron chi connectivity index (χ3n) is 2.95. The summed E-state index contributed by atoms with van der Waals surface area (Å²) >= 11 is 0. The second kappa shape index (κ2) is 6.93. The van der Waals surface area contributed by atoms with E-state index in [0.717, 1.165) is 17.5 Å². The van der Waals surface area contributed by atoms with E-state index >= 15 is 0 Å². The topological polar surface area (TPSA) is 35.5 Å². The third-order valence-corrected chi connectivity index (χ3v) is 2.95. The summed E-state index contributed by atoms with van der Waals surface area (Å²) in [6, 6.07) is 12.8. The molecule has 0 radical (unpaired) electrons. The Morgan fingerprint density at radius 3 is 2.38 bits per heavy atom. The van der Waals surface area contributed by atoms with Gasteiger partial charge in [0, 0.05) is 0 Å². The van der Waals surface area contributed by atoms with Crippen molar-refractivity contribution in [3.05, 3.63) is 59.2 Å². The molecular formula is C18H20O3. The number of rotatable bonds is 5. The van der Waals surface area contributed by atoms with E-state index in [1.807, 2.05) is 45.0 Å². The van der Waals surface area contributed by atoms with Crippen LogP contribution in [-0.4, -0.2) is 12.6 Å². The van der Waals surface area contributed by atoms with Gasteiger partial charge in [-0.15, -0.1) is 0 Å². The molecule has 0 aliphatic carbocycles. The molecule has 0 bridgehead atoms. The van der Waals surface area contributed by atoms with Gasteiger partial charge in [-0.1, -0.05) is 19.1 Å². The largest absolute Gasteiger partial charge is 0.494 e. The monoisotopic (exact) mass is 284 g/mol. The quantitative estimate of drug-likeness (QED) is 0.606. The molecule has 0 saturated heterocycles. The third kappa shape index (κ3) is 4.35. The van der Waals surface area contributed by atoms with Crippen LogP contribution >= 0.6 is 0 Å². The highest BCUT2D eigenvalue weighted by atomic mass is 16.5. The van der Waals surface area contributed by atoms with Gasteiger partial charge in [-0.25, -0.2) is 4.79 Å². The Kier molecular flexibility index (Phi) is 4.99. The maximum atomic E-state index is 12.2. The van der Waals surface area contributed by atoms with E-state index in [2.05, 4.69) is 0 Å². The fourth-order valence-electron chi connectivity index (χ4n) is 2.09. The molecule has 0 spiro atoms. The molecule has 110 valence electrons. The smallest absolute Gasteiger partial charge is 0.343 e. The van der Waals surface area contributed by atoms with Crippen LogP contribution in [0.25, 0.3) is 0 Å². The zero-order valence-electron chi connectivity index (χ0n) is 12.7. The fourth-order valence-corrected chi connectivity index (χ4v) is 2.09. The molecule has 21 heavy (non-hydrogen) atoms. The summed E-state index contributed by atoms with van der Waals surface area (Å²) in [6.45, 7) is 6.63. The Morgan fingerprint density at radius 2 is 1.71 bits per heavy atom. The van der Waals surface area contributed by atoms with E-state index in [-0.39, 0.29) is 5.97 Å². The number of carbonyl (C=O) groups is 1. The molecular weight excluding hydrogens is 264 g/mol. The minimum Gasteiger partial charge on any atom is -0.494 e. The highest BCUT2D eigenvalue weighted by molar-refractivity contribution is 5.91. The molecule has 2 aromatic carbocycles. The molecule has 3 nitrogen and oxygen atoms in total.